The summed E-state index contributed by atoms with van der Waals surface area (Å²) in [6.07, 6.45) is 10.8. The Labute approximate surface area is 225 Å². The van der Waals surface area contributed by atoms with Crippen molar-refractivity contribution in [2.45, 2.75) is 60.9 Å². The molecule has 2 bridgehead atoms. The number of rotatable bonds is 7. The van der Waals surface area contributed by atoms with Crippen LogP contribution in [0.3, 0.4) is 0 Å². The molecule has 3 atom stereocenters. The molecule has 1 aliphatic heterocycles. The van der Waals surface area contributed by atoms with Crippen LogP contribution in [0.25, 0.3) is 0 Å². The van der Waals surface area contributed by atoms with Crippen molar-refractivity contribution in [3.05, 3.63) is 94.9 Å². The fraction of sp³-hybridized carbons (Fsp3) is 0.406. The molecule has 2 aliphatic rings. The number of hydrogen-bond acceptors (Lipinski definition) is 4. The normalized spacial score (nSPS) is 21.4. The molecule has 4 rings (SSSR count). The van der Waals surface area contributed by atoms with Crippen molar-refractivity contribution in [1.82, 2.24) is 5.32 Å². The van der Waals surface area contributed by atoms with Crippen LogP contribution in [0.2, 0.25) is 0 Å². The number of aryl methyl sites for hydroxylation is 1. The molecular weight excluding hydrogens is 479 g/mol. The van der Waals surface area contributed by atoms with Gasteiger partial charge in [-0.15, -0.1) is 0 Å². The molecule has 0 saturated carbocycles. The van der Waals surface area contributed by atoms with Crippen molar-refractivity contribution in [2.75, 3.05) is 0 Å². The lowest BCUT2D eigenvalue weighted by Gasteiger charge is -2.27. The maximum atomic E-state index is 13.0. The highest BCUT2D eigenvalue weighted by atomic mass is 19.1. The van der Waals surface area contributed by atoms with E-state index in [1.54, 1.807) is 18.4 Å². The number of ketones is 1. The number of benzene rings is 1. The predicted octanol–water partition coefficient (Wildman–Crippen LogP) is 6.93. The van der Waals surface area contributed by atoms with E-state index in [0.717, 1.165) is 24.1 Å². The van der Waals surface area contributed by atoms with Crippen LogP contribution in [0, 0.1) is 36.4 Å². The molecule has 2 heterocycles. The summed E-state index contributed by atoms with van der Waals surface area (Å²) in [7, 11) is 0. The second kappa shape index (κ2) is 13.3. The summed E-state index contributed by atoms with van der Waals surface area (Å²) < 4.78 is 18.2. The van der Waals surface area contributed by atoms with Crippen LogP contribution >= 0.6 is 0 Å². The molecule has 38 heavy (non-hydrogen) atoms. The molecule has 2 aromatic rings. The Morgan fingerprint density at radius 1 is 1.21 bits per heavy atom. The SMILES string of the molecule is CC(=O)C1=CC2CC(=N1)/C=C\C=C(\C(=O)NCc1ccco1)C2C.Cc1cc(C[C@H](C)C(C)C)ccc1F. The van der Waals surface area contributed by atoms with Crippen molar-refractivity contribution >= 4 is 17.4 Å². The highest BCUT2D eigenvalue weighted by Gasteiger charge is 2.29. The number of carbonyl (C=O) groups is 2. The zero-order chi connectivity index (χ0) is 27.8. The van der Waals surface area contributed by atoms with E-state index in [4.69, 9.17) is 4.42 Å². The number of nitrogens with one attached hydrogen (secondary N) is 1. The standard InChI is InChI=1S/C19H20N2O3.C13H19F/c1-12-14-9-15(21-18(10-14)13(2)22)5-3-7-17(12)19(23)20-11-16-6-4-8-24-16;1-9(2)10(3)7-12-5-6-13(14)11(4)8-12/h3-8,10,12,14H,9,11H2,1-2H3,(H,20,23);5-6,8-10H,7H2,1-4H3/b5-3-,17-7+;/t;10-/m.0/s1. The second-order valence-electron chi connectivity index (χ2n) is 10.6. The first kappa shape index (κ1) is 29.0. The van der Waals surface area contributed by atoms with E-state index in [1.165, 1.54) is 12.5 Å². The number of aliphatic imine (C=N–C) groups is 1. The van der Waals surface area contributed by atoms with Gasteiger partial charge < -0.3 is 9.73 Å². The molecular formula is C32H39FN2O3. The van der Waals surface area contributed by atoms with Crippen molar-refractivity contribution in [1.29, 1.82) is 0 Å². The fourth-order valence-electron chi connectivity index (χ4n) is 4.41. The minimum Gasteiger partial charge on any atom is -0.467 e. The molecule has 2 unspecified atom stereocenters. The van der Waals surface area contributed by atoms with E-state index in [1.807, 2.05) is 56.4 Å². The molecule has 1 aliphatic carbocycles. The van der Waals surface area contributed by atoms with Gasteiger partial charge in [0.15, 0.2) is 5.78 Å². The van der Waals surface area contributed by atoms with E-state index < -0.39 is 0 Å². The van der Waals surface area contributed by atoms with Crippen LogP contribution in [0.4, 0.5) is 4.39 Å². The van der Waals surface area contributed by atoms with Crippen LogP contribution in [0.15, 0.2) is 81.6 Å². The molecule has 0 saturated heterocycles. The van der Waals surface area contributed by atoms with Gasteiger partial charge in [0.25, 0.3) is 0 Å². The molecule has 5 nitrogen and oxygen atoms in total. The van der Waals surface area contributed by atoms with Gasteiger partial charge in [0.2, 0.25) is 5.91 Å². The number of nitrogens with zero attached hydrogens (tertiary/aromatic N) is 1. The lowest BCUT2D eigenvalue weighted by Crippen LogP contribution is -2.31. The monoisotopic (exact) mass is 518 g/mol. The average Bonchev–Trinajstić information content (AvgIpc) is 3.40. The van der Waals surface area contributed by atoms with Gasteiger partial charge in [0.1, 0.15) is 17.3 Å². The summed E-state index contributed by atoms with van der Waals surface area (Å²) in [5.41, 5.74) is 4.05. The van der Waals surface area contributed by atoms with Crippen LogP contribution in [-0.4, -0.2) is 17.4 Å². The summed E-state index contributed by atoms with van der Waals surface area (Å²) in [5, 5.41) is 2.89. The Morgan fingerprint density at radius 3 is 2.61 bits per heavy atom. The number of amides is 1. The van der Waals surface area contributed by atoms with E-state index in [9.17, 15) is 14.0 Å². The number of halogens is 1. The largest absolute Gasteiger partial charge is 0.467 e. The number of carbonyl (C=O) groups excluding carboxylic acids is 2. The van der Waals surface area contributed by atoms with Gasteiger partial charge in [-0.1, -0.05) is 58.1 Å². The smallest absolute Gasteiger partial charge is 0.247 e. The highest BCUT2D eigenvalue weighted by molar-refractivity contribution is 6.04. The molecule has 1 aromatic heterocycles. The third-order valence-electron chi connectivity index (χ3n) is 7.32. The van der Waals surface area contributed by atoms with Gasteiger partial charge in [-0.3, -0.25) is 14.6 Å². The quantitative estimate of drug-likeness (QED) is 0.432. The minimum atomic E-state index is -0.118. The molecule has 1 amide bonds. The topological polar surface area (TPSA) is 71.7 Å². The van der Waals surface area contributed by atoms with Gasteiger partial charge in [0, 0.05) is 18.2 Å². The zero-order valence-electron chi connectivity index (χ0n) is 23.3. The fourth-order valence-corrected chi connectivity index (χ4v) is 4.41. The van der Waals surface area contributed by atoms with Gasteiger partial charge in [0.05, 0.1) is 12.8 Å². The highest BCUT2D eigenvalue weighted by Crippen LogP contribution is 2.31. The average molecular weight is 519 g/mol. The van der Waals surface area contributed by atoms with Gasteiger partial charge in [-0.2, -0.15) is 0 Å². The van der Waals surface area contributed by atoms with Crippen LogP contribution in [0.1, 0.15) is 57.9 Å². The molecule has 0 spiro atoms. The number of allylic oxidation sites excluding steroid dienone is 5. The predicted molar refractivity (Wildman–Crippen MR) is 150 cm³/mol. The van der Waals surface area contributed by atoms with E-state index in [2.05, 4.69) is 31.1 Å². The maximum Gasteiger partial charge on any atom is 0.247 e. The first-order valence-corrected chi connectivity index (χ1v) is 13.3. The van der Waals surface area contributed by atoms with E-state index in [0.29, 0.717) is 35.4 Å². The molecule has 1 N–H and O–H groups in total. The summed E-state index contributed by atoms with van der Waals surface area (Å²) in [6.45, 7) is 12.4. The summed E-state index contributed by atoms with van der Waals surface area (Å²) >= 11 is 0. The zero-order valence-corrected chi connectivity index (χ0v) is 23.3. The van der Waals surface area contributed by atoms with Gasteiger partial charge >= 0.3 is 0 Å². The van der Waals surface area contributed by atoms with Crippen LogP contribution < -0.4 is 5.32 Å². The number of hydrogen-bond donors (Lipinski definition) is 1. The Morgan fingerprint density at radius 2 is 1.97 bits per heavy atom. The molecule has 1 aromatic carbocycles. The Balaban J connectivity index is 0.000000244. The number of fused-ring (bicyclic) bond motifs is 2. The summed E-state index contributed by atoms with van der Waals surface area (Å²) in [6, 6.07) is 9.02. The third kappa shape index (κ3) is 7.98. The van der Waals surface area contributed by atoms with Gasteiger partial charge in [-0.05, 0) is 78.8 Å². The van der Waals surface area contributed by atoms with Crippen LogP contribution in [0.5, 0.6) is 0 Å². The maximum absolute atomic E-state index is 13.0. The summed E-state index contributed by atoms with van der Waals surface area (Å²) in [5.74, 6) is 1.85. The lowest BCUT2D eigenvalue weighted by molar-refractivity contribution is -0.118. The third-order valence-corrected chi connectivity index (χ3v) is 7.32. The summed E-state index contributed by atoms with van der Waals surface area (Å²) in [4.78, 5) is 28.6. The minimum absolute atomic E-state index is 0.00796. The molecule has 0 radical (unpaired) electrons. The Bertz CT molecular complexity index is 1250. The van der Waals surface area contributed by atoms with Gasteiger partial charge in [-0.25, -0.2) is 4.39 Å². The van der Waals surface area contributed by atoms with E-state index >= 15 is 0 Å². The lowest BCUT2D eigenvalue weighted by atomic mass is 9.80. The van der Waals surface area contributed by atoms with E-state index in [-0.39, 0.29) is 29.3 Å². The Kier molecular flexibility index (Phi) is 10.2. The molecule has 0 fully saturated rings. The van der Waals surface area contributed by atoms with Crippen molar-refractivity contribution < 1.29 is 18.4 Å². The first-order chi connectivity index (χ1) is 18.0. The van der Waals surface area contributed by atoms with Crippen LogP contribution in [-0.2, 0) is 22.6 Å². The second-order valence-corrected chi connectivity index (χ2v) is 10.6. The first-order valence-electron chi connectivity index (χ1n) is 13.3. The molecule has 202 valence electrons. The number of Topliss-reactive ketones (excluding diaryl/α,β-unsaturated/α-hetero) is 1. The Hall–Kier alpha value is -3.54. The van der Waals surface area contributed by atoms with Crippen molar-refractivity contribution in [3.63, 3.8) is 0 Å². The number of furan rings is 1. The van der Waals surface area contributed by atoms with Crippen molar-refractivity contribution in [2.24, 2.45) is 28.7 Å². The molecule has 6 heteroatoms. The van der Waals surface area contributed by atoms with Crippen molar-refractivity contribution in [3.8, 4) is 0 Å².